The van der Waals surface area contributed by atoms with Crippen LogP contribution in [-0.2, 0) is 0 Å². The molecule has 1 aromatic heterocycles. The molecule has 82 valence electrons. The number of halogens is 1. The monoisotopic (exact) mass is 297 g/mol. The first-order valence-electron chi connectivity index (χ1n) is 4.46. The van der Waals surface area contributed by atoms with Gasteiger partial charge in [0, 0.05) is 16.2 Å². The molecule has 1 aromatic carbocycles. The minimum absolute atomic E-state index is 0.285. The summed E-state index contributed by atoms with van der Waals surface area (Å²) in [5.74, 6) is 0.316. The summed E-state index contributed by atoms with van der Waals surface area (Å²) in [5.41, 5.74) is 6.27. The van der Waals surface area contributed by atoms with E-state index in [1.165, 1.54) is 6.07 Å². The van der Waals surface area contributed by atoms with Gasteiger partial charge in [-0.3, -0.25) is 14.3 Å². The van der Waals surface area contributed by atoms with Crippen molar-refractivity contribution in [1.82, 2.24) is 9.55 Å². The van der Waals surface area contributed by atoms with E-state index in [0.717, 1.165) is 10.2 Å². The van der Waals surface area contributed by atoms with E-state index < -0.39 is 0 Å². The Hall–Kier alpha value is -1.40. The molecule has 0 aliphatic carbocycles. The smallest absolute Gasteiger partial charge is 0.253 e. The summed E-state index contributed by atoms with van der Waals surface area (Å²) in [6.07, 6.45) is 0. The average molecular weight is 298 g/mol. The van der Waals surface area contributed by atoms with E-state index in [0.29, 0.717) is 5.82 Å². The number of aromatic amines is 1. The zero-order valence-electron chi connectivity index (χ0n) is 8.11. The van der Waals surface area contributed by atoms with Crippen LogP contribution < -0.4 is 11.3 Å². The van der Waals surface area contributed by atoms with Crippen LogP contribution in [0.2, 0.25) is 0 Å². The number of nitrogen functional groups attached to an aromatic ring is 1. The molecule has 0 aliphatic heterocycles. The van der Waals surface area contributed by atoms with Crippen LogP contribution in [0.1, 0.15) is 0 Å². The van der Waals surface area contributed by atoms with Crippen LogP contribution in [0.15, 0.2) is 39.6 Å². The molecule has 1 heterocycles. The molecular formula is C10H8BrN3OS. The Balaban J connectivity index is 2.69. The highest BCUT2D eigenvalue weighted by Crippen LogP contribution is 2.16. The van der Waals surface area contributed by atoms with Crippen molar-refractivity contribution in [3.8, 4) is 5.69 Å². The molecule has 0 unspecified atom stereocenters. The number of aromatic nitrogens is 2. The lowest BCUT2D eigenvalue weighted by Gasteiger charge is -2.09. The first-order chi connectivity index (χ1) is 7.58. The van der Waals surface area contributed by atoms with Crippen molar-refractivity contribution < 1.29 is 0 Å². The van der Waals surface area contributed by atoms with Crippen LogP contribution in [-0.4, -0.2) is 9.55 Å². The van der Waals surface area contributed by atoms with Crippen molar-refractivity contribution in [1.29, 1.82) is 0 Å². The van der Waals surface area contributed by atoms with E-state index in [9.17, 15) is 4.79 Å². The lowest BCUT2D eigenvalue weighted by molar-refractivity contribution is 0.950. The zero-order valence-corrected chi connectivity index (χ0v) is 10.5. The topological polar surface area (TPSA) is 63.8 Å². The summed E-state index contributed by atoms with van der Waals surface area (Å²) in [6, 6.07) is 8.77. The van der Waals surface area contributed by atoms with E-state index in [1.807, 2.05) is 24.3 Å². The van der Waals surface area contributed by atoms with Crippen molar-refractivity contribution >= 4 is 34.0 Å². The lowest BCUT2D eigenvalue weighted by Crippen LogP contribution is -2.14. The van der Waals surface area contributed by atoms with Gasteiger partial charge in [-0.15, -0.1) is 0 Å². The maximum absolute atomic E-state index is 11.1. The second-order valence-electron chi connectivity index (χ2n) is 3.18. The number of anilines is 1. The van der Waals surface area contributed by atoms with E-state index in [4.69, 9.17) is 18.0 Å². The van der Waals surface area contributed by atoms with Gasteiger partial charge >= 0.3 is 0 Å². The first-order valence-corrected chi connectivity index (χ1v) is 5.66. The van der Waals surface area contributed by atoms with Crippen LogP contribution in [0.25, 0.3) is 5.69 Å². The fourth-order valence-electron chi connectivity index (χ4n) is 1.37. The molecule has 0 saturated heterocycles. The Morgan fingerprint density at radius 2 is 1.94 bits per heavy atom. The highest BCUT2D eigenvalue weighted by molar-refractivity contribution is 9.10. The molecule has 0 aliphatic rings. The fraction of sp³-hybridized carbons (Fsp3) is 0. The quantitative estimate of drug-likeness (QED) is 0.794. The molecule has 3 N–H and O–H groups in total. The standard InChI is InChI=1S/C10H8BrN3OS/c11-6-1-3-7(4-2-6)14-8(12)5-9(15)13-10(14)16/h1-5H,12H2,(H,13,15,16). The molecule has 0 fully saturated rings. The van der Waals surface area contributed by atoms with Gasteiger partial charge in [0.2, 0.25) is 0 Å². The highest BCUT2D eigenvalue weighted by Gasteiger charge is 2.02. The summed E-state index contributed by atoms with van der Waals surface area (Å²) in [7, 11) is 0. The Morgan fingerprint density at radius 3 is 2.50 bits per heavy atom. The average Bonchev–Trinajstić information content (AvgIpc) is 2.19. The Labute approximate surface area is 105 Å². The Kier molecular flexibility index (Phi) is 2.93. The number of benzene rings is 1. The molecule has 0 bridgehead atoms. The first kappa shape index (κ1) is 11.1. The molecule has 0 radical (unpaired) electrons. The van der Waals surface area contributed by atoms with Crippen LogP contribution in [0.3, 0.4) is 0 Å². The zero-order chi connectivity index (χ0) is 11.7. The molecule has 0 atom stereocenters. The number of nitrogens with zero attached hydrogens (tertiary/aromatic N) is 1. The summed E-state index contributed by atoms with van der Waals surface area (Å²) >= 11 is 8.40. The minimum atomic E-state index is -0.295. The van der Waals surface area contributed by atoms with Crippen molar-refractivity contribution in [2.75, 3.05) is 5.73 Å². The summed E-state index contributed by atoms with van der Waals surface area (Å²) < 4.78 is 2.85. The third kappa shape index (κ3) is 2.07. The second kappa shape index (κ2) is 4.23. The summed E-state index contributed by atoms with van der Waals surface area (Å²) in [4.78, 5) is 13.6. The van der Waals surface area contributed by atoms with Gasteiger partial charge in [-0.2, -0.15) is 0 Å². The lowest BCUT2D eigenvalue weighted by atomic mass is 10.3. The number of nitrogens with one attached hydrogen (secondary N) is 1. The van der Waals surface area contributed by atoms with Gasteiger partial charge in [0.25, 0.3) is 5.56 Å². The minimum Gasteiger partial charge on any atom is -0.385 e. The molecule has 4 nitrogen and oxygen atoms in total. The third-order valence-corrected chi connectivity index (χ3v) is 2.87. The van der Waals surface area contributed by atoms with Crippen molar-refractivity contribution in [3.05, 3.63) is 49.9 Å². The highest BCUT2D eigenvalue weighted by atomic mass is 79.9. The van der Waals surface area contributed by atoms with Gasteiger partial charge in [-0.1, -0.05) is 15.9 Å². The van der Waals surface area contributed by atoms with Gasteiger partial charge in [-0.25, -0.2) is 0 Å². The summed E-state index contributed by atoms with van der Waals surface area (Å²) in [6.45, 7) is 0. The van der Waals surface area contributed by atoms with Crippen LogP contribution >= 0.6 is 28.1 Å². The molecule has 0 spiro atoms. The molecule has 6 heteroatoms. The molecular weight excluding hydrogens is 290 g/mol. The van der Waals surface area contributed by atoms with Crippen LogP contribution in [0.4, 0.5) is 5.82 Å². The van der Waals surface area contributed by atoms with Crippen molar-refractivity contribution in [2.24, 2.45) is 0 Å². The largest absolute Gasteiger partial charge is 0.385 e. The molecule has 2 aromatic rings. The van der Waals surface area contributed by atoms with Crippen LogP contribution in [0, 0.1) is 4.77 Å². The number of hydrogen-bond acceptors (Lipinski definition) is 3. The second-order valence-corrected chi connectivity index (χ2v) is 4.48. The number of nitrogens with two attached hydrogens (primary N) is 1. The maximum atomic E-state index is 11.1. The van der Waals surface area contributed by atoms with E-state index in [1.54, 1.807) is 4.57 Å². The van der Waals surface area contributed by atoms with Gasteiger partial charge in [0.1, 0.15) is 5.82 Å². The fourth-order valence-corrected chi connectivity index (χ4v) is 1.95. The van der Waals surface area contributed by atoms with E-state index in [2.05, 4.69) is 20.9 Å². The number of hydrogen-bond donors (Lipinski definition) is 2. The van der Waals surface area contributed by atoms with E-state index in [-0.39, 0.29) is 10.3 Å². The summed E-state index contributed by atoms with van der Waals surface area (Å²) in [5, 5.41) is 0. The van der Waals surface area contributed by atoms with Crippen molar-refractivity contribution in [3.63, 3.8) is 0 Å². The molecule has 16 heavy (non-hydrogen) atoms. The predicted octanol–water partition coefficient (Wildman–Crippen LogP) is 2.24. The number of H-pyrrole nitrogens is 1. The normalized spacial score (nSPS) is 10.3. The molecule has 0 amide bonds. The Bertz CT molecular complexity index is 630. The van der Waals surface area contributed by atoms with Gasteiger partial charge < -0.3 is 5.73 Å². The Morgan fingerprint density at radius 1 is 1.31 bits per heavy atom. The van der Waals surface area contributed by atoms with Crippen LogP contribution in [0.5, 0.6) is 0 Å². The SMILES string of the molecule is Nc1cc(=O)[nH]c(=S)n1-c1ccc(Br)cc1. The number of rotatable bonds is 1. The van der Waals surface area contributed by atoms with Gasteiger partial charge in [-0.05, 0) is 36.5 Å². The molecule has 0 saturated carbocycles. The van der Waals surface area contributed by atoms with Crippen molar-refractivity contribution in [2.45, 2.75) is 0 Å². The van der Waals surface area contributed by atoms with Gasteiger partial charge in [0.15, 0.2) is 4.77 Å². The molecule has 2 rings (SSSR count). The third-order valence-electron chi connectivity index (χ3n) is 2.06. The van der Waals surface area contributed by atoms with Gasteiger partial charge in [0.05, 0.1) is 0 Å². The van der Waals surface area contributed by atoms with E-state index >= 15 is 0 Å². The maximum Gasteiger partial charge on any atom is 0.253 e. The predicted molar refractivity (Wildman–Crippen MR) is 69.3 cm³/mol.